The van der Waals surface area contributed by atoms with Gasteiger partial charge in [-0.25, -0.2) is 4.99 Å². The van der Waals surface area contributed by atoms with Crippen LogP contribution in [0.15, 0.2) is 53.8 Å². The van der Waals surface area contributed by atoms with Gasteiger partial charge in [0.1, 0.15) is 0 Å². The topological polar surface area (TPSA) is 78.4 Å². The van der Waals surface area contributed by atoms with E-state index in [4.69, 9.17) is 0 Å². The van der Waals surface area contributed by atoms with E-state index in [0.717, 1.165) is 13.0 Å². The summed E-state index contributed by atoms with van der Waals surface area (Å²) in [5.41, 5.74) is 3.16. The van der Waals surface area contributed by atoms with Crippen molar-refractivity contribution in [1.82, 2.24) is 15.6 Å². The number of aliphatic imine (C=N–C) groups is 1. The maximum atomic E-state index is 12.0. The lowest BCUT2D eigenvalue weighted by Crippen LogP contribution is -2.41. The third kappa shape index (κ3) is 7.38. The average molecular weight is 467 g/mol. The number of nitrogens with zero attached hydrogens (tertiary/aromatic N) is 2. The molecule has 0 aliphatic heterocycles. The molecule has 0 bridgehead atoms. The number of hydrogen-bond acceptors (Lipinski definition) is 3. The Morgan fingerprint density at radius 1 is 1.08 bits per heavy atom. The Hall–Kier alpha value is -2.16. The van der Waals surface area contributed by atoms with Crippen molar-refractivity contribution in [2.24, 2.45) is 4.99 Å². The predicted molar refractivity (Wildman–Crippen MR) is 117 cm³/mol. The van der Waals surface area contributed by atoms with Crippen molar-refractivity contribution in [3.8, 4) is 0 Å². The summed E-state index contributed by atoms with van der Waals surface area (Å²) in [4.78, 5) is 20.6. The highest BCUT2D eigenvalue weighted by atomic mass is 127. The molecule has 0 aliphatic carbocycles. The lowest BCUT2D eigenvalue weighted by molar-refractivity contribution is -0.115. The second-order valence-corrected chi connectivity index (χ2v) is 5.46. The van der Waals surface area contributed by atoms with Crippen LogP contribution in [0.25, 0.3) is 0 Å². The number of rotatable bonds is 7. The molecule has 1 heterocycles. The van der Waals surface area contributed by atoms with Gasteiger partial charge in [0.2, 0.25) is 5.91 Å². The molecule has 6 nitrogen and oxygen atoms in total. The van der Waals surface area contributed by atoms with Crippen LogP contribution in [0.5, 0.6) is 0 Å². The number of carbonyl (C=O) groups excluding carboxylic acids is 1. The standard InChI is InChI=1S/C19H25N5O.HI/c1-3-15-8-5-6-9-16(15)12-22-19(21-4-2)23-14-18(25)24-17-10-7-11-20-13-17;/h5-11,13H,3-4,12,14H2,1-2H3,(H,24,25)(H2,21,22,23);1H. The van der Waals surface area contributed by atoms with E-state index < -0.39 is 0 Å². The van der Waals surface area contributed by atoms with Gasteiger partial charge in [0, 0.05) is 12.7 Å². The van der Waals surface area contributed by atoms with Gasteiger partial charge >= 0.3 is 0 Å². The Morgan fingerprint density at radius 3 is 2.50 bits per heavy atom. The Bertz CT molecular complexity index is 706. The minimum absolute atomic E-state index is 0. The number of aromatic nitrogens is 1. The number of nitrogens with one attached hydrogen (secondary N) is 3. The fraction of sp³-hybridized carbons (Fsp3) is 0.316. The molecule has 1 aromatic carbocycles. The van der Waals surface area contributed by atoms with Gasteiger partial charge < -0.3 is 16.0 Å². The van der Waals surface area contributed by atoms with Crippen LogP contribution in [0.2, 0.25) is 0 Å². The van der Waals surface area contributed by atoms with Crippen molar-refractivity contribution in [3.05, 3.63) is 59.9 Å². The van der Waals surface area contributed by atoms with E-state index in [9.17, 15) is 4.79 Å². The van der Waals surface area contributed by atoms with Crippen molar-refractivity contribution in [2.75, 3.05) is 18.4 Å². The van der Waals surface area contributed by atoms with Gasteiger partial charge in [0.05, 0.1) is 25.0 Å². The average Bonchev–Trinajstić information content (AvgIpc) is 2.65. The summed E-state index contributed by atoms with van der Waals surface area (Å²) in [6, 6.07) is 11.8. The monoisotopic (exact) mass is 467 g/mol. The molecule has 140 valence electrons. The molecule has 1 amide bonds. The maximum absolute atomic E-state index is 12.0. The fourth-order valence-corrected chi connectivity index (χ4v) is 2.37. The normalized spacial score (nSPS) is 10.6. The summed E-state index contributed by atoms with van der Waals surface area (Å²) in [7, 11) is 0. The SMILES string of the molecule is CCNC(=NCc1ccccc1CC)NCC(=O)Nc1cccnc1.I. The maximum Gasteiger partial charge on any atom is 0.243 e. The number of guanidine groups is 1. The molecular weight excluding hydrogens is 441 g/mol. The Kier molecular flexibility index (Phi) is 10.3. The van der Waals surface area contributed by atoms with Crippen molar-refractivity contribution < 1.29 is 4.79 Å². The number of amides is 1. The number of pyridine rings is 1. The zero-order valence-corrected chi connectivity index (χ0v) is 17.5. The van der Waals surface area contributed by atoms with E-state index in [0.29, 0.717) is 18.2 Å². The molecule has 3 N–H and O–H groups in total. The van der Waals surface area contributed by atoms with E-state index in [1.54, 1.807) is 24.5 Å². The summed E-state index contributed by atoms with van der Waals surface area (Å²) in [6.45, 7) is 5.56. The van der Waals surface area contributed by atoms with Gasteiger partial charge in [0.15, 0.2) is 5.96 Å². The van der Waals surface area contributed by atoms with Crippen LogP contribution in [0.1, 0.15) is 25.0 Å². The van der Waals surface area contributed by atoms with Crippen LogP contribution in [0.3, 0.4) is 0 Å². The van der Waals surface area contributed by atoms with Crippen molar-refractivity contribution in [1.29, 1.82) is 0 Å². The Morgan fingerprint density at radius 2 is 1.85 bits per heavy atom. The number of carbonyl (C=O) groups is 1. The molecule has 0 radical (unpaired) electrons. The Labute approximate surface area is 171 Å². The highest BCUT2D eigenvalue weighted by Gasteiger charge is 2.05. The smallest absolute Gasteiger partial charge is 0.243 e. The number of aryl methyl sites for hydroxylation is 1. The summed E-state index contributed by atoms with van der Waals surface area (Å²) in [5, 5.41) is 9.00. The van der Waals surface area contributed by atoms with Crippen LogP contribution in [-0.4, -0.2) is 29.9 Å². The van der Waals surface area contributed by atoms with Crippen LogP contribution in [-0.2, 0) is 17.8 Å². The van der Waals surface area contributed by atoms with Gasteiger partial charge in [-0.05, 0) is 36.6 Å². The van der Waals surface area contributed by atoms with Crippen LogP contribution in [0, 0.1) is 0 Å². The first kappa shape index (κ1) is 21.9. The zero-order chi connectivity index (χ0) is 17.9. The van der Waals surface area contributed by atoms with Crippen LogP contribution in [0.4, 0.5) is 5.69 Å². The van der Waals surface area contributed by atoms with E-state index in [2.05, 4.69) is 45.0 Å². The second kappa shape index (κ2) is 12.2. The molecular formula is C19H26IN5O. The number of halogens is 1. The summed E-state index contributed by atoms with van der Waals surface area (Å²) in [6.07, 6.45) is 4.25. The molecule has 0 saturated heterocycles. The minimum Gasteiger partial charge on any atom is -0.357 e. The van der Waals surface area contributed by atoms with Gasteiger partial charge in [-0.2, -0.15) is 0 Å². The molecule has 2 aromatic rings. The van der Waals surface area contributed by atoms with E-state index in [1.807, 2.05) is 19.1 Å². The molecule has 0 spiro atoms. The zero-order valence-electron chi connectivity index (χ0n) is 15.2. The molecule has 7 heteroatoms. The fourth-order valence-electron chi connectivity index (χ4n) is 2.37. The third-order valence-corrected chi connectivity index (χ3v) is 3.61. The molecule has 2 rings (SSSR count). The third-order valence-electron chi connectivity index (χ3n) is 3.61. The van der Waals surface area contributed by atoms with Crippen LogP contribution >= 0.6 is 24.0 Å². The van der Waals surface area contributed by atoms with Gasteiger partial charge in [-0.15, -0.1) is 24.0 Å². The Balaban J connectivity index is 0.00000338. The number of benzene rings is 1. The number of anilines is 1. The van der Waals surface area contributed by atoms with E-state index in [1.165, 1.54) is 11.1 Å². The molecule has 26 heavy (non-hydrogen) atoms. The van der Waals surface area contributed by atoms with Crippen molar-refractivity contribution >= 4 is 41.5 Å². The molecule has 1 aromatic heterocycles. The highest BCUT2D eigenvalue weighted by Crippen LogP contribution is 2.10. The van der Waals surface area contributed by atoms with Gasteiger partial charge in [-0.3, -0.25) is 9.78 Å². The summed E-state index contributed by atoms with van der Waals surface area (Å²) in [5.74, 6) is 0.474. The van der Waals surface area contributed by atoms with E-state index >= 15 is 0 Å². The molecule has 0 atom stereocenters. The second-order valence-electron chi connectivity index (χ2n) is 5.46. The van der Waals surface area contributed by atoms with E-state index in [-0.39, 0.29) is 36.4 Å². The first-order valence-electron chi connectivity index (χ1n) is 8.51. The van der Waals surface area contributed by atoms with Crippen LogP contribution < -0.4 is 16.0 Å². The first-order chi connectivity index (χ1) is 12.2. The molecule has 0 fully saturated rings. The lowest BCUT2D eigenvalue weighted by atomic mass is 10.1. The quantitative estimate of drug-likeness (QED) is 0.333. The van der Waals surface area contributed by atoms with Gasteiger partial charge in [-0.1, -0.05) is 31.2 Å². The summed E-state index contributed by atoms with van der Waals surface area (Å²) >= 11 is 0. The lowest BCUT2D eigenvalue weighted by Gasteiger charge is -2.12. The first-order valence-corrected chi connectivity index (χ1v) is 8.51. The largest absolute Gasteiger partial charge is 0.357 e. The molecule has 0 aliphatic rings. The molecule has 0 saturated carbocycles. The minimum atomic E-state index is -0.146. The molecule has 0 unspecified atom stereocenters. The predicted octanol–water partition coefficient (Wildman–Crippen LogP) is 2.96. The van der Waals surface area contributed by atoms with Crippen molar-refractivity contribution in [2.45, 2.75) is 26.8 Å². The van der Waals surface area contributed by atoms with Gasteiger partial charge in [0.25, 0.3) is 0 Å². The summed E-state index contributed by atoms with van der Waals surface area (Å²) < 4.78 is 0. The highest BCUT2D eigenvalue weighted by molar-refractivity contribution is 14.0. The number of hydrogen-bond donors (Lipinski definition) is 3. The van der Waals surface area contributed by atoms with Crippen molar-refractivity contribution in [3.63, 3.8) is 0 Å².